The zero-order valence-electron chi connectivity index (χ0n) is 14.1. The number of rotatable bonds is 4. The number of anilines is 2. The first-order chi connectivity index (χ1) is 12.5. The Morgan fingerprint density at radius 1 is 1.15 bits per heavy atom. The van der Waals surface area contributed by atoms with Crippen LogP contribution in [0.4, 0.5) is 17.1 Å². The summed E-state index contributed by atoms with van der Waals surface area (Å²) in [6.07, 6.45) is 0. The van der Waals surface area contributed by atoms with Gasteiger partial charge in [-0.3, -0.25) is 14.9 Å². The summed E-state index contributed by atoms with van der Waals surface area (Å²) >= 11 is 0. The van der Waals surface area contributed by atoms with E-state index in [2.05, 4.69) is 5.32 Å². The molecule has 0 aliphatic heterocycles. The summed E-state index contributed by atoms with van der Waals surface area (Å²) in [5.74, 6) is -0.594. The molecule has 8 nitrogen and oxygen atoms in total. The Balaban J connectivity index is 2.31. The Morgan fingerprint density at radius 3 is 2.50 bits per heavy atom. The number of para-hydroxylation sites is 2. The van der Waals surface area contributed by atoms with Crippen LogP contribution in [0.5, 0.6) is 0 Å². The third-order valence-electron chi connectivity index (χ3n) is 4.05. The van der Waals surface area contributed by atoms with Crippen molar-refractivity contribution in [3.63, 3.8) is 0 Å². The van der Waals surface area contributed by atoms with Gasteiger partial charge in [-0.25, -0.2) is 4.79 Å². The van der Waals surface area contributed by atoms with Crippen molar-refractivity contribution < 1.29 is 14.5 Å². The Morgan fingerprint density at radius 2 is 1.81 bits per heavy atom. The van der Waals surface area contributed by atoms with Crippen molar-refractivity contribution in [2.24, 2.45) is 7.05 Å². The summed E-state index contributed by atoms with van der Waals surface area (Å²) in [6, 6.07) is 13.2. The highest BCUT2D eigenvalue weighted by Crippen LogP contribution is 2.33. The van der Waals surface area contributed by atoms with Crippen molar-refractivity contribution in [1.82, 2.24) is 4.57 Å². The molecule has 0 saturated heterocycles. The summed E-state index contributed by atoms with van der Waals surface area (Å²) in [4.78, 5) is 35.3. The van der Waals surface area contributed by atoms with Gasteiger partial charge in [-0.2, -0.15) is 0 Å². The molecule has 1 heterocycles. The number of pyridine rings is 1. The van der Waals surface area contributed by atoms with Gasteiger partial charge in [0, 0.05) is 12.4 Å². The van der Waals surface area contributed by atoms with Gasteiger partial charge in [0.1, 0.15) is 5.69 Å². The molecular formula is C18H15N3O5. The number of nitrogens with zero attached hydrogens (tertiary/aromatic N) is 2. The molecule has 1 N–H and O–H groups in total. The highest BCUT2D eigenvalue weighted by atomic mass is 16.6. The van der Waals surface area contributed by atoms with Crippen LogP contribution < -0.4 is 10.9 Å². The van der Waals surface area contributed by atoms with Crippen LogP contribution >= 0.6 is 0 Å². The average Bonchev–Trinajstić information content (AvgIpc) is 2.65. The van der Waals surface area contributed by atoms with Crippen molar-refractivity contribution >= 4 is 33.9 Å². The normalized spacial score (nSPS) is 10.5. The molecule has 26 heavy (non-hydrogen) atoms. The van der Waals surface area contributed by atoms with Gasteiger partial charge in [-0.05, 0) is 18.2 Å². The molecule has 0 atom stereocenters. The van der Waals surface area contributed by atoms with Gasteiger partial charge in [0.25, 0.3) is 0 Å². The highest BCUT2D eigenvalue weighted by Gasteiger charge is 2.26. The number of hydrogen-bond donors (Lipinski definition) is 1. The third-order valence-corrected chi connectivity index (χ3v) is 4.05. The maximum absolute atomic E-state index is 12.5. The molecule has 132 valence electrons. The minimum absolute atomic E-state index is 0.0325. The standard InChI is InChI=1S/C18H15N3O5/c1-20-14-10-6-4-8-12(14)15(16(17(20)22)21(24)25)19-13-9-5-3-7-11(13)18(23)26-2/h3-10,19H,1-2H3. The topological polar surface area (TPSA) is 103 Å². The summed E-state index contributed by atoms with van der Waals surface area (Å²) in [5, 5.41) is 14.9. The Hall–Kier alpha value is -3.68. The van der Waals surface area contributed by atoms with Crippen LogP contribution in [0, 0.1) is 10.1 Å². The highest BCUT2D eigenvalue weighted by molar-refractivity contribution is 6.01. The molecular weight excluding hydrogens is 338 g/mol. The second-order valence-corrected chi connectivity index (χ2v) is 5.52. The number of methoxy groups -OCH3 is 1. The lowest BCUT2D eigenvalue weighted by molar-refractivity contribution is -0.385. The van der Waals surface area contributed by atoms with Crippen molar-refractivity contribution in [2.45, 2.75) is 0 Å². The van der Waals surface area contributed by atoms with Crippen molar-refractivity contribution in [3.05, 3.63) is 74.6 Å². The van der Waals surface area contributed by atoms with Crippen molar-refractivity contribution in [2.75, 3.05) is 12.4 Å². The number of nitrogens with one attached hydrogen (secondary N) is 1. The molecule has 0 aliphatic carbocycles. The first kappa shape index (κ1) is 17.2. The molecule has 3 rings (SSSR count). The summed E-state index contributed by atoms with van der Waals surface area (Å²) in [7, 11) is 2.72. The number of carbonyl (C=O) groups excluding carboxylic acids is 1. The van der Waals surface area contributed by atoms with Crippen LogP contribution in [0.3, 0.4) is 0 Å². The second kappa shape index (κ2) is 6.67. The number of aryl methyl sites for hydroxylation is 1. The molecule has 0 fully saturated rings. The van der Waals surface area contributed by atoms with Gasteiger partial charge < -0.3 is 14.6 Å². The number of nitro groups is 1. The molecule has 0 unspecified atom stereocenters. The largest absolute Gasteiger partial charge is 0.465 e. The lowest BCUT2D eigenvalue weighted by atomic mass is 10.1. The zero-order valence-corrected chi connectivity index (χ0v) is 14.1. The smallest absolute Gasteiger partial charge is 0.357 e. The fourth-order valence-corrected chi connectivity index (χ4v) is 2.79. The third kappa shape index (κ3) is 2.77. The van der Waals surface area contributed by atoms with E-state index in [-0.39, 0.29) is 11.3 Å². The van der Waals surface area contributed by atoms with E-state index in [1.165, 1.54) is 24.8 Å². The molecule has 3 aromatic rings. The van der Waals surface area contributed by atoms with Crippen LogP contribution in [0.2, 0.25) is 0 Å². The molecule has 0 spiro atoms. The Kier molecular flexibility index (Phi) is 4.40. The fourth-order valence-electron chi connectivity index (χ4n) is 2.79. The predicted octanol–water partition coefficient (Wildman–Crippen LogP) is 2.98. The van der Waals surface area contributed by atoms with Crippen LogP contribution in [0.15, 0.2) is 53.3 Å². The van der Waals surface area contributed by atoms with Crippen molar-refractivity contribution in [3.8, 4) is 0 Å². The number of benzene rings is 2. The van der Waals surface area contributed by atoms with Gasteiger partial charge in [0.15, 0.2) is 0 Å². The molecule has 2 aromatic carbocycles. The van der Waals surface area contributed by atoms with E-state index >= 15 is 0 Å². The number of fused-ring (bicyclic) bond motifs is 1. The SMILES string of the molecule is COC(=O)c1ccccc1Nc1c([N+](=O)[O-])c(=O)n(C)c2ccccc12. The van der Waals surface area contributed by atoms with Crippen LogP contribution in [-0.4, -0.2) is 22.6 Å². The van der Waals surface area contributed by atoms with Gasteiger partial charge >= 0.3 is 17.2 Å². The van der Waals surface area contributed by atoms with E-state index in [1.54, 1.807) is 42.5 Å². The van der Waals surface area contributed by atoms with E-state index in [0.29, 0.717) is 16.6 Å². The number of esters is 1. The number of ether oxygens (including phenoxy) is 1. The maximum atomic E-state index is 12.5. The Bertz CT molecular complexity index is 1090. The zero-order chi connectivity index (χ0) is 18.8. The van der Waals surface area contributed by atoms with Gasteiger partial charge in [-0.1, -0.05) is 30.3 Å². The number of hydrogen-bond acceptors (Lipinski definition) is 6. The van der Waals surface area contributed by atoms with Gasteiger partial charge in [-0.15, -0.1) is 0 Å². The summed E-state index contributed by atoms with van der Waals surface area (Å²) in [5.41, 5.74) is -0.265. The summed E-state index contributed by atoms with van der Waals surface area (Å²) in [6.45, 7) is 0. The molecule has 0 saturated carbocycles. The quantitative estimate of drug-likeness (QED) is 0.439. The monoisotopic (exact) mass is 353 g/mol. The number of aromatic nitrogens is 1. The van der Waals surface area contributed by atoms with Crippen LogP contribution in [0.25, 0.3) is 10.9 Å². The van der Waals surface area contributed by atoms with E-state index in [4.69, 9.17) is 4.74 Å². The Labute approximate surface area is 147 Å². The van der Waals surface area contributed by atoms with Crippen LogP contribution in [-0.2, 0) is 11.8 Å². The second-order valence-electron chi connectivity index (χ2n) is 5.52. The van der Waals surface area contributed by atoms with E-state index in [1.807, 2.05) is 0 Å². The van der Waals surface area contributed by atoms with E-state index in [9.17, 15) is 19.7 Å². The predicted molar refractivity (Wildman–Crippen MR) is 96.9 cm³/mol. The molecule has 8 heteroatoms. The lowest BCUT2D eigenvalue weighted by Gasteiger charge is -2.14. The van der Waals surface area contributed by atoms with Gasteiger partial charge in [0.05, 0.1) is 28.8 Å². The molecule has 0 bridgehead atoms. The van der Waals surface area contributed by atoms with Crippen LogP contribution in [0.1, 0.15) is 10.4 Å². The molecule has 0 amide bonds. The van der Waals surface area contributed by atoms with Gasteiger partial charge in [0.2, 0.25) is 0 Å². The maximum Gasteiger partial charge on any atom is 0.357 e. The minimum atomic E-state index is -0.744. The first-order valence-corrected chi connectivity index (χ1v) is 7.66. The summed E-state index contributed by atoms with van der Waals surface area (Å²) < 4.78 is 5.97. The molecule has 0 aliphatic rings. The van der Waals surface area contributed by atoms with Crippen molar-refractivity contribution in [1.29, 1.82) is 0 Å². The van der Waals surface area contributed by atoms with E-state index < -0.39 is 22.1 Å². The minimum Gasteiger partial charge on any atom is -0.465 e. The number of carbonyl (C=O) groups is 1. The van der Waals surface area contributed by atoms with E-state index in [0.717, 1.165) is 0 Å². The molecule has 1 aromatic heterocycles. The fraction of sp³-hybridized carbons (Fsp3) is 0.111. The first-order valence-electron chi connectivity index (χ1n) is 7.66. The average molecular weight is 353 g/mol. The molecule has 0 radical (unpaired) electrons. The lowest BCUT2D eigenvalue weighted by Crippen LogP contribution is -2.22.